The number of aryl methyl sites for hydroxylation is 1. The Bertz CT molecular complexity index is 1430. The summed E-state index contributed by atoms with van der Waals surface area (Å²) in [5.41, 5.74) is 7.13. The highest BCUT2D eigenvalue weighted by molar-refractivity contribution is 6.13. The van der Waals surface area contributed by atoms with Crippen molar-refractivity contribution in [2.75, 3.05) is 50.8 Å². The Morgan fingerprint density at radius 2 is 1.37 bits per heavy atom. The number of ether oxygens (including phenoxy) is 1. The highest BCUT2D eigenvalue weighted by Gasteiger charge is 2.64. The second kappa shape index (κ2) is 10.2. The predicted octanol–water partition coefficient (Wildman–Crippen LogP) is 5.02. The molecular formula is C35H40N4O2. The molecule has 0 bridgehead atoms. The maximum atomic E-state index is 15.2. The zero-order valence-electron chi connectivity index (χ0n) is 24.5. The molecule has 212 valence electrons. The smallest absolute Gasteiger partial charge is 0.268 e. The number of fused-ring (bicyclic) bond motifs is 1. The summed E-state index contributed by atoms with van der Waals surface area (Å²) in [4.78, 5) is 24.7. The normalized spacial score (nSPS) is 21.9. The van der Waals surface area contributed by atoms with Crippen LogP contribution < -0.4 is 4.90 Å². The maximum absolute atomic E-state index is 15.2. The molecule has 4 aliphatic rings. The molecule has 0 atom stereocenters. The highest BCUT2D eigenvalue weighted by atomic mass is 16.5. The second-order valence-corrected chi connectivity index (χ2v) is 12.5. The molecule has 41 heavy (non-hydrogen) atoms. The molecule has 6 nitrogen and oxygen atoms in total. The first-order valence-corrected chi connectivity index (χ1v) is 15.0. The van der Waals surface area contributed by atoms with Crippen LogP contribution >= 0.6 is 0 Å². The van der Waals surface area contributed by atoms with Gasteiger partial charge in [0, 0.05) is 56.9 Å². The van der Waals surface area contributed by atoms with Crippen LogP contribution in [0.4, 0.5) is 5.69 Å². The zero-order valence-corrected chi connectivity index (χ0v) is 24.5. The van der Waals surface area contributed by atoms with E-state index in [0.717, 1.165) is 70.3 Å². The van der Waals surface area contributed by atoms with Crippen LogP contribution in [0.1, 0.15) is 41.7 Å². The average Bonchev–Trinajstić information content (AvgIpc) is 3.45. The van der Waals surface area contributed by atoms with Crippen molar-refractivity contribution < 1.29 is 9.53 Å². The lowest BCUT2D eigenvalue weighted by Crippen LogP contribution is -2.60. The van der Waals surface area contributed by atoms with Crippen molar-refractivity contribution in [3.05, 3.63) is 107 Å². The molecular weight excluding hydrogens is 508 g/mol. The minimum atomic E-state index is -0.860. The van der Waals surface area contributed by atoms with Gasteiger partial charge in [0.2, 0.25) is 0 Å². The third-order valence-electron chi connectivity index (χ3n) is 9.29. The van der Waals surface area contributed by atoms with Crippen molar-refractivity contribution in [1.29, 1.82) is 0 Å². The molecule has 0 saturated carbocycles. The monoisotopic (exact) mass is 548 g/mol. The quantitative estimate of drug-likeness (QED) is 0.433. The second-order valence-electron chi connectivity index (χ2n) is 12.5. The molecule has 0 aliphatic carbocycles. The summed E-state index contributed by atoms with van der Waals surface area (Å²) < 4.78 is 5.64. The Morgan fingerprint density at radius 3 is 1.95 bits per heavy atom. The highest BCUT2D eigenvalue weighted by Crippen LogP contribution is 2.56. The molecule has 3 aromatic carbocycles. The molecule has 1 amide bonds. The van der Waals surface area contributed by atoms with E-state index >= 15 is 4.79 Å². The summed E-state index contributed by atoms with van der Waals surface area (Å²) in [6.07, 6.45) is 2.35. The first-order chi connectivity index (χ1) is 19.9. The van der Waals surface area contributed by atoms with Crippen LogP contribution in [0.5, 0.6) is 0 Å². The van der Waals surface area contributed by atoms with Crippen molar-refractivity contribution in [2.24, 2.45) is 0 Å². The van der Waals surface area contributed by atoms with E-state index in [0.29, 0.717) is 0 Å². The minimum absolute atomic E-state index is 0.176. The van der Waals surface area contributed by atoms with Gasteiger partial charge in [-0.05, 0) is 49.1 Å². The number of rotatable bonds is 6. The molecule has 0 unspecified atom stereocenters. The van der Waals surface area contributed by atoms with E-state index in [1.54, 1.807) is 0 Å². The SMILES string of the molecule is Cc1cc2c3c(c1)C1(C(=O)N3C(C)(C)C=C2CN2CCOCC2)N(Cc2ccccc2)CCN1Cc1ccccc1. The largest absolute Gasteiger partial charge is 0.379 e. The zero-order chi connectivity index (χ0) is 28.2. The Kier molecular flexibility index (Phi) is 6.62. The van der Waals surface area contributed by atoms with Crippen LogP contribution in [0.3, 0.4) is 0 Å². The molecule has 4 aliphatic heterocycles. The van der Waals surface area contributed by atoms with Crippen molar-refractivity contribution in [2.45, 2.75) is 45.1 Å². The molecule has 0 N–H and O–H groups in total. The van der Waals surface area contributed by atoms with E-state index in [2.05, 4.69) is 119 Å². The van der Waals surface area contributed by atoms with E-state index in [1.807, 2.05) is 0 Å². The summed E-state index contributed by atoms with van der Waals surface area (Å²) >= 11 is 0. The van der Waals surface area contributed by atoms with Crippen LogP contribution in [0.25, 0.3) is 5.57 Å². The van der Waals surface area contributed by atoms with Crippen LogP contribution in [-0.2, 0) is 28.3 Å². The Labute approximate surface area is 243 Å². The third kappa shape index (κ3) is 4.36. The topological polar surface area (TPSA) is 39.3 Å². The molecule has 7 rings (SSSR count). The number of hydrogen-bond acceptors (Lipinski definition) is 5. The number of hydrogen-bond donors (Lipinski definition) is 0. The van der Waals surface area contributed by atoms with Crippen LogP contribution in [-0.4, -0.2) is 72.1 Å². The van der Waals surface area contributed by atoms with Crippen LogP contribution in [0, 0.1) is 6.92 Å². The van der Waals surface area contributed by atoms with Gasteiger partial charge in [0.05, 0.1) is 24.4 Å². The lowest BCUT2D eigenvalue weighted by molar-refractivity contribution is -0.139. The number of carbonyl (C=O) groups is 1. The Balaban J connectivity index is 1.39. The lowest BCUT2D eigenvalue weighted by atomic mass is 9.86. The molecule has 3 aromatic rings. The van der Waals surface area contributed by atoms with Crippen LogP contribution in [0.15, 0.2) is 78.9 Å². The van der Waals surface area contributed by atoms with E-state index < -0.39 is 11.2 Å². The number of amides is 1. The first-order valence-electron chi connectivity index (χ1n) is 15.0. The molecule has 0 aromatic heterocycles. The average molecular weight is 549 g/mol. The van der Waals surface area contributed by atoms with Gasteiger partial charge in [-0.15, -0.1) is 0 Å². The number of anilines is 1. The van der Waals surface area contributed by atoms with Gasteiger partial charge in [0.25, 0.3) is 5.91 Å². The minimum Gasteiger partial charge on any atom is -0.379 e. The van der Waals surface area contributed by atoms with Gasteiger partial charge in [-0.1, -0.05) is 72.8 Å². The molecule has 6 heteroatoms. The number of benzene rings is 3. The fourth-order valence-corrected chi connectivity index (χ4v) is 7.52. The fourth-order valence-electron chi connectivity index (χ4n) is 7.52. The van der Waals surface area contributed by atoms with Crippen molar-refractivity contribution in [3.63, 3.8) is 0 Å². The molecule has 1 spiro atoms. The first kappa shape index (κ1) is 26.6. The molecule has 0 radical (unpaired) electrons. The number of morpholine rings is 1. The van der Waals surface area contributed by atoms with Crippen molar-refractivity contribution in [3.8, 4) is 0 Å². The van der Waals surface area contributed by atoms with Gasteiger partial charge in [0.15, 0.2) is 5.66 Å². The van der Waals surface area contributed by atoms with Crippen molar-refractivity contribution in [1.82, 2.24) is 14.7 Å². The summed E-state index contributed by atoms with van der Waals surface area (Å²) in [5.74, 6) is 0.176. The fraction of sp³-hybridized carbons (Fsp3) is 0.400. The summed E-state index contributed by atoms with van der Waals surface area (Å²) in [5, 5.41) is 0. The Hall–Kier alpha value is -3.29. The van der Waals surface area contributed by atoms with Gasteiger partial charge in [-0.3, -0.25) is 24.4 Å². The predicted molar refractivity (Wildman–Crippen MR) is 163 cm³/mol. The number of nitrogens with zero attached hydrogens (tertiary/aromatic N) is 4. The number of carbonyl (C=O) groups excluding carboxylic acids is 1. The Morgan fingerprint density at radius 1 is 0.780 bits per heavy atom. The van der Waals surface area contributed by atoms with Gasteiger partial charge in [-0.2, -0.15) is 0 Å². The van der Waals surface area contributed by atoms with E-state index in [-0.39, 0.29) is 5.91 Å². The molecule has 4 heterocycles. The van der Waals surface area contributed by atoms with Gasteiger partial charge in [-0.25, -0.2) is 0 Å². The molecule has 2 fully saturated rings. The summed E-state index contributed by atoms with van der Waals surface area (Å²) in [6.45, 7) is 14.0. The molecule has 2 saturated heterocycles. The third-order valence-corrected chi connectivity index (χ3v) is 9.29. The standard InChI is InChI=1S/C35H40N4O2/c1-26-20-30-29(25-36-16-18-41-19-17-36)22-34(2,3)39-32(30)31(21-26)35(33(39)40)37(23-27-10-6-4-7-11-27)14-15-38(35)24-28-12-8-5-9-13-28/h4-13,20-22H,14-19,23-25H2,1-3H3. The van der Waals surface area contributed by atoms with Gasteiger partial charge < -0.3 is 4.74 Å². The summed E-state index contributed by atoms with van der Waals surface area (Å²) in [7, 11) is 0. The van der Waals surface area contributed by atoms with E-state index in [1.165, 1.54) is 27.8 Å². The van der Waals surface area contributed by atoms with Crippen LogP contribution in [0.2, 0.25) is 0 Å². The van der Waals surface area contributed by atoms with Gasteiger partial charge in [0.1, 0.15) is 0 Å². The lowest BCUT2D eigenvalue weighted by Gasteiger charge is -2.43. The van der Waals surface area contributed by atoms with Crippen molar-refractivity contribution >= 4 is 17.2 Å². The van der Waals surface area contributed by atoms with Gasteiger partial charge >= 0.3 is 0 Å². The van der Waals surface area contributed by atoms with E-state index in [9.17, 15) is 0 Å². The maximum Gasteiger partial charge on any atom is 0.268 e. The summed E-state index contributed by atoms with van der Waals surface area (Å²) in [6, 6.07) is 25.8. The van der Waals surface area contributed by atoms with E-state index in [4.69, 9.17) is 4.74 Å².